The number of esters is 1. The third-order valence-corrected chi connectivity index (χ3v) is 4.96. The van der Waals surface area contributed by atoms with Gasteiger partial charge in [0.2, 0.25) is 12.2 Å². The topological polar surface area (TPSA) is 255 Å². The van der Waals surface area contributed by atoms with Crippen LogP contribution in [0.2, 0.25) is 0 Å². The van der Waals surface area contributed by atoms with Gasteiger partial charge in [-0.3, -0.25) is 14.1 Å². The number of carbonyl (C=O) groups is 3. The van der Waals surface area contributed by atoms with Crippen molar-refractivity contribution >= 4 is 38.3 Å². The van der Waals surface area contributed by atoms with E-state index in [4.69, 9.17) is 30.1 Å². The van der Waals surface area contributed by atoms with Crippen molar-refractivity contribution in [2.45, 2.75) is 55.6 Å². The molecule has 0 spiro atoms. The van der Waals surface area contributed by atoms with Gasteiger partial charge in [0.1, 0.15) is 36.5 Å². The Hall–Kier alpha value is -1.33. The van der Waals surface area contributed by atoms with Crippen LogP contribution in [0.3, 0.4) is 0 Å². The monoisotopic (exact) mass is 492 g/mol. The third-order valence-electron chi connectivity index (χ3n) is 4.11. The third kappa shape index (κ3) is 8.97. The molecule has 0 aromatic rings. The fourth-order valence-electron chi connectivity index (χ4n) is 2.37. The first kappa shape index (κ1) is 27.7. The van der Waals surface area contributed by atoms with E-state index in [9.17, 15) is 34.3 Å². The second-order valence-corrected chi connectivity index (χ2v) is 8.13. The highest BCUT2D eigenvalue weighted by Gasteiger charge is 2.46. The van der Waals surface area contributed by atoms with Crippen LogP contribution in [0.4, 0.5) is 0 Å². The van der Waals surface area contributed by atoms with Crippen LogP contribution >= 0.6 is 20.5 Å². The molecular weight excluding hydrogens is 467 g/mol. The van der Waals surface area contributed by atoms with Crippen molar-refractivity contribution in [1.29, 1.82) is 0 Å². The first-order chi connectivity index (χ1) is 14.3. The molecule has 1 aliphatic heterocycles. The van der Waals surface area contributed by atoms with Crippen LogP contribution in [0, 0.1) is 0 Å². The van der Waals surface area contributed by atoms with Crippen molar-refractivity contribution in [3.63, 3.8) is 0 Å². The minimum atomic E-state index is -4.94. The highest BCUT2D eigenvalue weighted by molar-refractivity contribution is 7.80. The number of hydrogen-bond acceptors (Lipinski definition) is 12. The van der Waals surface area contributed by atoms with E-state index < -0.39 is 75.1 Å². The molecule has 9 N–H and O–H groups in total. The lowest BCUT2D eigenvalue weighted by Crippen LogP contribution is -2.60. The minimum Gasteiger partial charge on any atom is -0.480 e. The van der Waals surface area contributed by atoms with Crippen LogP contribution in [0.15, 0.2) is 0 Å². The summed E-state index contributed by atoms with van der Waals surface area (Å²) in [6.45, 7) is -0.903. The van der Waals surface area contributed by atoms with E-state index in [1.165, 1.54) is 0 Å². The molecule has 0 bridgehead atoms. The van der Waals surface area contributed by atoms with Gasteiger partial charge in [0.15, 0.2) is 0 Å². The number of phosphoric ester groups is 1. The molecule has 0 radical (unpaired) electrons. The van der Waals surface area contributed by atoms with Crippen LogP contribution in [0.5, 0.6) is 0 Å². The largest absolute Gasteiger partial charge is 0.480 e. The zero-order chi connectivity index (χ0) is 23.9. The van der Waals surface area contributed by atoms with Gasteiger partial charge >= 0.3 is 19.8 Å². The number of aliphatic hydroxyl groups is 3. The number of aliphatic carboxylic acids is 1. The molecule has 1 saturated heterocycles. The van der Waals surface area contributed by atoms with Gasteiger partial charge in [0, 0.05) is 12.2 Å². The summed E-state index contributed by atoms with van der Waals surface area (Å²) in [5, 5.41) is 40.6. The Bertz CT molecular complexity index is 691. The maximum Gasteiger partial charge on any atom is 0.469 e. The Morgan fingerprint density at radius 1 is 1.16 bits per heavy atom. The predicted octanol–water partition coefficient (Wildman–Crippen LogP) is -3.95. The van der Waals surface area contributed by atoms with Crippen molar-refractivity contribution in [3.05, 3.63) is 0 Å². The van der Waals surface area contributed by atoms with E-state index in [2.05, 4.69) is 22.5 Å². The fourth-order valence-corrected chi connectivity index (χ4v) is 2.96. The summed E-state index contributed by atoms with van der Waals surface area (Å²) in [4.78, 5) is 52.3. The van der Waals surface area contributed by atoms with Gasteiger partial charge in [0.05, 0.1) is 6.61 Å². The lowest BCUT2D eigenvalue weighted by molar-refractivity contribution is -0.292. The van der Waals surface area contributed by atoms with E-state index in [1.807, 2.05) is 0 Å². The molecule has 0 saturated carbocycles. The molecule has 1 heterocycles. The van der Waals surface area contributed by atoms with Crippen LogP contribution in [-0.2, 0) is 32.9 Å². The first-order valence-electron chi connectivity index (χ1n) is 8.75. The number of nitrogens with two attached hydrogens (primary N) is 1. The molecule has 0 aliphatic carbocycles. The molecule has 180 valence electrons. The molecule has 17 heteroatoms. The van der Waals surface area contributed by atoms with E-state index in [1.54, 1.807) is 0 Å². The lowest BCUT2D eigenvalue weighted by atomic mass is 9.99. The Morgan fingerprint density at radius 2 is 1.77 bits per heavy atom. The molecule has 1 amide bonds. The second kappa shape index (κ2) is 12.1. The van der Waals surface area contributed by atoms with Crippen molar-refractivity contribution in [3.8, 4) is 0 Å². The average molecular weight is 492 g/mol. The zero-order valence-corrected chi connectivity index (χ0v) is 17.7. The van der Waals surface area contributed by atoms with Gasteiger partial charge in [-0.25, -0.2) is 9.36 Å². The number of amides is 1. The normalized spacial score (nSPS) is 28.4. The summed E-state index contributed by atoms with van der Waals surface area (Å²) in [5.41, 5.74) is 5.28. The smallest absolute Gasteiger partial charge is 0.469 e. The second-order valence-electron chi connectivity index (χ2n) is 6.52. The summed E-state index contributed by atoms with van der Waals surface area (Å²) < 4.78 is 24.9. The number of thiol groups is 1. The van der Waals surface area contributed by atoms with Gasteiger partial charge in [-0.1, -0.05) is 0 Å². The van der Waals surface area contributed by atoms with Crippen molar-refractivity contribution < 1.29 is 63.2 Å². The standard InChI is InChI=1S/C14H25N2O13PS/c15-5(12(21)22)1-2-8(17)16-6(4-31)13(23)29-14-11(20)10(19)9(18)7(28-14)3-27-30(24,25)26/h5-7,9-11,14,18-20,31H,1-4,15H2,(H,16,17)(H,21,22)(H2,24,25,26)/t5-,6-,7+,9+,10-,11+,14+/m0/s1. The van der Waals surface area contributed by atoms with Gasteiger partial charge in [-0.05, 0) is 6.42 Å². The Labute approximate surface area is 181 Å². The van der Waals surface area contributed by atoms with Crippen molar-refractivity contribution in [2.75, 3.05) is 12.4 Å². The molecule has 31 heavy (non-hydrogen) atoms. The summed E-state index contributed by atoms with van der Waals surface area (Å²) in [6.07, 6.45) is -9.66. The molecule has 1 fully saturated rings. The van der Waals surface area contributed by atoms with Crippen molar-refractivity contribution in [2.24, 2.45) is 5.73 Å². The molecule has 1 aliphatic rings. The van der Waals surface area contributed by atoms with E-state index in [0.717, 1.165) is 0 Å². The van der Waals surface area contributed by atoms with Crippen molar-refractivity contribution in [1.82, 2.24) is 5.32 Å². The van der Waals surface area contributed by atoms with Gasteiger partial charge < -0.3 is 50.7 Å². The van der Waals surface area contributed by atoms with Gasteiger partial charge in [-0.15, -0.1) is 0 Å². The van der Waals surface area contributed by atoms with Crippen LogP contribution in [0.1, 0.15) is 12.8 Å². The summed E-state index contributed by atoms with van der Waals surface area (Å²) in [5.74, 6) is -3.47. The molecule has 0 unspecified atom stereocenters. The number of rotatable bonds is 11. The lowest BCUT2D eigenvalue weighted by Gasteiger charge is -2.39. The number of carboxylic acid groups (broad SMARTS) is 1. The number of phosphoric acid groups is 1. The first-order valence-corrected chi connectivity index (χ1v) is 10.9. The Kier molecular flexibility index (Phi) is 10.8. The number of carbonyl (C=O) groups excluding carboxylic acids is 2. The summed E-state index contributed by atoms with van der Waals surface area (Å²) >= 11 is 3.89. The number of nitrogens with one attached hydrogen (secondary N) is 1. The van der Waals surface area contributed by atoms with E-state index in [-0.39, 0.29) is 18.6 Å². The van der Waals surface area contributed by atoms with E-state index in [0.29, 0.717) is 0 Å². The van der Waals surface area contributed by atoms with Crippen LogP contribution in [0.25, 0.3) is 0 Å². The fraction of sp³-hybridized carbons (Fsp3) is 0.786. The summed E-state index contributed by atoms with van der Waals surface area (Å²) in [6, 6.07) is -2.64. The zero-order valence-electron chi connectivity index (χ0n) is 15.9. The Morgan fingerprint density at radius 3 is 2.29 bits per heavy atom. The molecule has 0 aromatic heterocycles. The quantitative estimate of drug-likeness (QED) is 0.0758. The highest BCUT2D eigenvalue weighted by atomic mass is 32.1. The minimum absolute atomic E-state index is 0.203. The highest BCUT2D eigenvalue weighted by Crippen LogP contribution is 2.37. The Balaban J connectivity index is 2.71. The maximum absolute atomic E-state index is 12.3. The van der Waals surface area contributed by atoms with Crippen LogP contribution < -0.4 is 11.1 Å². The van der Waals surface area contributed by atoms with Gasteiger partial charge in [0.25, 0.3) is 0 Å². The average Bonchev–Trinajstić information content (AvgIpc) is 2.68. The maximum atomic E-state index is 12.3. The summed E-state index contributed by atoms with van der Waals surface area (Å²) in [7, 11) is -4.94. The number of hydrogen-bond donors (Lipinski definition) is 9. The SMILES string of the molecule is N[C@@H](CCC(=O)N[C@@H](CS)C(=O)O[C@H]1O[C@H](COP(=O)(O)O)[C@@H](O)[C@H](O)[C@H]1O)C(=O)O. The molecule has 0 aromatic carbocycles. The molecule has 7 atom stereocenters. The van der Waals surface area contributed by atoms with Gasteiger partial charge in [-0.2, -0.15) is 12.6 Å². The van der Waals surface area contributed by atoms with E-state index >= 15 is 0 Å². The molecular formula is C14H25N2O13PS. The number of aliphatic hydroxyl groups excluding tert-OH is 3. The predicted molar refractivity (Wildman–Crippen MR) is 101 cm³/mol. The van der Waals surface area contributed by atoms with Crippen LogP contribution in [-0.4, -0.2) is 103 Å². The number of ether oxygens (including phenoxy) is 2. The molecule has 15 nitrogen and oxygen atoms in total. The molecule has 1 rings (SSSR count). The number of carboxylic acids is 1.